The van der Waals surface area contributed by atoms with Gasteiger partial charge in [0, 0.05) is 18.8 Å². The molecule has 0 radical (unpaired) electrons. The smallest absolute Gasteiger partial charge is 0.234 e. The van der Waals surface area contributed by atoms with Gasteiger partial charge in [-0.15, -0.1) is 0 Å². The van der Waals surface area contributed by atoms with Crippen LogP contribution >= 0.6 is 0 Å². The van der Waals surface area contributed by atoms with Crippen LogP contribution in [-0.4, -0.2) is 32.1 Å². The van der Waals surface area contributed by atoms with Crippen molar-refractivity contribution in [1.82, 2.24) is 5.32 Å². The van der Waals surface area contributed by atoms with Crippen molar-refractivity contribution >= 4 is 11.6 Å². The molecule has 1 heterocycles. The number of nitrogens with zero attached hydrogens (tertiary/aromatic N) is 1. The Balaban J connectivity index is 2.06. The van der Waals surface area contributed by atoms with Crippen LogP contribution in [0.4, 0.5) is 5.69 Å². The summed E-state index contributed by atoms with van der Waals surface area (Å²) in [7, 11) is 1.78. The van der Waals surface area contributed by atoms with Crippen LogP contribution in [0, 0.1) is 5.92 Å². The van der Waals surface area contributed by atoms with Crippen molar-refractivity contribution in [2.45, 2.75) is 25.8 Å². The predicted octanol–water partition coefficient (Wildman–Crippen LogP) is 1.15. The number of para-hydroxylation sites is 1. The number of primary amides is 1. The Morgan fingerprint density at radius 1 is 1.53 bits per heavy atom. The molecule has 2 atom stereocenters. The molecule has 0 saturated carbocycles. The first-order valence-electron chi connectivity index (χ1n) is 6.91. The van der Waals surface area contributed by atoms with Crippen LogP contribution in [-0.2, 0) is 11.2 Å². The van der Waals surface area contributed by atoms with E-state index in [-0.39, 0.29) is 11.9 Å². The highest BCUT2D eigenvalue weighted by atomic mass is 16.1. The summed E-state index contributed by atoms with van der Waals surface area (Å²) < 4.78 is 0. The SMILES string of the molecule is CNC(CCN1CC(C)Cc2ccccc21)C(N)=O. The molecule has 0 saturated heterocycles. The lowest BCUT2D eigenvalue weighted by molar-refractivity contribution is -0.120. The summed E-state index contributed by atoms with van der Waals surface area (Å²) in [5.74, 6) is 0.373. The highest BCUT2D eigenvalue weighted by molar-refractivity contribution is 5.79. The Kier molecular flexibility index (Phi) is 4.43. The average Bonchev–Trinajstić information content (AvgIpc) is 2.38. The normalized spacial score (nSPS) is 19.9. The van der Waals surface area contributed by atoms with Crippen molar-refractivity contribution in [1.29, 1.82) is 0 Å². The molecule has 1 aliphatic heterocycles. The summed E-state index contributed by atoms with van der Waals surface area (Å²) in [6, 6.07) is 8.28. The Labute approximate surface area is 115 Å². The van der Waals surface area contributed by atoms with Crippen molar-refractivity contribution in [2.75, 3.05) is 25.0 Å². The molecule has 19 heavy (non-hydrogen) atoms. The number of fused-ring (bicyclic) bond motifs is 1. The van der Waals surface area contributed by atoms with Crippen molar-refractivity contribution in [2.24, 2.45) is 11.7 Å². The quantitative estimate of drug-likeness (QED) is 0.836. The van der Waals surface area contributed by atoms with Gasteiger partial charge < -0.3 is 16.0 Å². The van der Waals surface area contributed by atoms with Crippen LogP contribution in [0.3, 0.4) is 0 Å². The largest absolute Gasteiger partial charge is 0.371 e. The van der Waals surface area contributed by atoms with E-state index in [1.54, 1.807) is 7.05 Å². The third-order valence-electron chi connectivity index (χ3n) is 3.81. The van der Waals surface area contributed by atoms with Crippen molar-refractivity contribution in [3.63, 3.8) is 0 Å². The molecule has 1 amide bonds. The lowest BCUT2D eigenvalue weighted by Crippen LogP contribution is -2.43. The van der Waals surface area contributed by atoms with E-state index in [0.717, 1.165) is 25.9 Å². The van der Waals surface area contributed by atoms with Crippen LogP contribution in [0.5, 0.6) is 0 Å². The number of anilines is 1. The van der Waals surface area contributed by atoms with Gasteiger partial charge in [-0.05, 0) is 37.4 Å². The van der Waals surface area contributed by atoms with E-state index < -0.39 is 0 Å². The summed E-state index contributed by atoms with van der Waals surface area (Å²) in [4.78, 5) is 13.6. The molecule has 1 aromatic rings. The van der Waals surface area contributed by atoms with Crippen LogP contribution in [0.15, 0.2) is 24.3 Å². The Hall–Kier alpha value is -1.55. The number of carbonyl (C=O) groups is 1. The molecular formula is C15H23N3O. The number of hydrogen-bond donors (Lipinski definition) is 2. The molecule has 0 aromatic heterocycles. The zero-order valence-corrected chi connectivity index (χ0v) is 11.7. The molecule has 0 aliphatic carbocycles. The van der Waals surface area contributed by atoms with Gasteiger partial charge >= 0.3 is 0 Å². The maximum Gasteiger partial charge on any atom is 0.234 e. The van der Waals surface area contributed by atoms with E-state index in [4.69, 9.17) is 5.73 Å². The van der Waals surface area contributed by atoms with Crippen molar-refractivity contribution in [3.05, 3.63) is 29.8 Å². The number of carbonyl (C=O) groups excluding carboxylic acids is 1. The fourth-order valence-electron chi connectivity index (χ4n) is 2.83. The molecular weight excluding hydrogens is 238 g/mol. The molecule has 3 N–H and O–H groups in total. The molecule has 1 aromatic carbocycles. The topological polar surface area (TPSA) is 58.4 Å². The fourth-order valence-corrected chi connectivity index (χ4v) is 2.83. The molecule has 2 rings (SSSR count). The summed E-state index contributed by atoms with van der Waals surface area (Å²) in [6.45, 7) is 4.18. The number of hydrogen-bond acceptors (Lipinski definition) is 3. The lowest BCUT2D eigenvalue weighted by atomic mass is 9.93. The highest BCUT2D eigenvalue weighted by Crippen LogP contribution is 2.29. The first kappa shape index (κ1) is 13.9. The zero-order valence-electron chi connectivity index (χ0n) is 11.7. The van der Waals surface area contributed by atoms with Crippen molar-refractivity contribution < 1.29 is 4.79 Å². The van der Waals surface area contributed by atoms with E-state index in [0.29, 0.717) is 5.92 Å². The van der Waals surface area contributed by atoms with Gasteiger partial charge in [-0.25, -0.2) is 0 Å². The molecule has 2 unspecified atom stereocenters. The number of rotatable bonds is 5. The van der Waals surface area contributed by atoms with E-state index >= 15 is 0 Å². The summed E-state index contributed by atoms with van der Waals surface area (Å²) in [5.41, 5.74) is 8.07. The number of nitrogens with two attached hydrogens (primary N) is 1. The summed E-state index contributed by atoms with van der Waals surface area (Å²) in [6.07, 6.45) is 1.88. The molecule has 4 nitrogen and oxygen atoms in total. The lowest BCUT2D eigenvalue weighted by Gasteiger charge is -2.35. The van der Waals surface area contributed by atoms with Gasteiger partial charge in [-0.2, -0.15) is 0 Å². The number of likely N-dealkylation sites (N-methyl/N-ethyl adjacent to an activating group) is 1. The number of amides is 1. The second-order valence-electron chi connectivity index (χ2n) is 5.42. The maximum absolute atomic E-state index is 11.3. The third-order valence-corrected chi connectivity index (χ3v) is 3.81. The fraction of sp³-hybridized carbons (Fsp3) is 0.533. The molecule has 104 valence electrons. The van der Waals surface area contributed by atoms with Crippen LogP contribution in [0.25, 0.3) is 0 Å². The van der Waals surface area contributed by atoms with Gasteiger partial charge in [0.05, 0.1) is 6.04 Å². The first-order chi connectivity index (χ1) is 9.11. The van der Waals surface area contributed by atoms with Crippen LogP contribution < -0.4 is 16.0 Å². The van der Waals surface area contributed by atoms with Gasteiger partial charge in [0.15, 0.2) is 0 Å². The van der Waals surface area contributed by atoms with E-state index in [1.807, 2.05) is 0 Å². The standard InChI is InChI=1S/C15H23N3O/c1-11-9-12-5-3-4-6-14(12)18(10-11)8-7-13(17-2)15(16)19/h3-6,11,13,17H,7-10H2,1-2H3,(H2,16,19). The molecule has 0 spiro atoms. The second kappa shape index (κ2) is 6.06. The van der Waals surface area contributed by atoms with Gasteiger partial charge in [0.25, 0.3) is 0 Å². The average molecular weight is 261 g/mol. The second-order valence-corrected chi connectivity index (χ2v) is 5.42. The summed E-state index contributed by atoms with van der Waals surface area (Å²) in [5, 5.41) is 2.98. The first-order valence-corrected chi connectivity index (χ1v) is 6.91. The molecule has 4 heteroatoms. The third kappa shape index (κ3) is 3.26. The minimum absolute atomic E-state index is 0.246. The van der Waals surface area contributed by atoms with Crippen LogP contribution in [0.1, 0.15) is 18.9 Å². The molecule has 0 fully saturated rings. The molecule has 1 aliphatic rings. The Morgan fingerprint density at radius 3 is 2.95 bits per heavy atom. The Morgan fingerprint density at radius 2 is 2.26 bits per heavy atom. The van der Waals surface area contributed by atoms with E-state index in [9.17, 15) is 4.79 Å². The predicted molar refractivity (Wildman–Crippen MR) is 78.2 cm³/mol. The van der Waals surface area contributed by atoms with E-state index in [1.165, 1.54) is 11.3 Å². The minimum atomic E-state index is -0.277. The van der Waals surface area contributed by atoms with Gasteiger partial charge in [0.1, 0.15) is 0 Å². The van der Waals surface area contributed by atoms with Crippen LogP contribution in [0.2, 0.25) is 0 Å². The zero-order chi connectivity index (χ0) is 13.8. The highest BCUT2D eigenvalue weighted by Gasteiger charge is 2.22. The van der Waals surface area contributed by atoms with Gasteiger partial charge in [0.2, 0.25) is 5.91 Å². The maximum atomic E-state index is 11.3. The minimum Gasteiger partial charge on any atom is -0.371 e. The Bertz CT molecular complexity index is 447. The number of nitrogens with one attached hydrogen (secondary N) is 1. The number of benzene rings is 1. The summed E-state index contributed by atoms with van der Waals surface area (Å²) >= 11 is 0. The molecule has 0 bridgehead atoms. The van der Waals surface area contributed by atoms with E-state index in [2.05, 4.69) is 41.4 Å². The van der Waals surface area contributed by atoms with Gasteiger partial charge in [-0.3, -0.25) is 4.79 Å². The van der Waals surface area contributed by atoms with Crippen molar-refractivity contribution in [3.8, 4) is 0 Å². The monoisotopic (exact) mass is 261 g/mol. The van der Waals surface area contributed by atoms with Gasteiger partial charge in [-0.1, -0.05) is 25.1 Å².